The van der Waals surface area contributed by atoms with Gasteiger partial charge in [0, 0.05) is 5.69 Å². The number of rotatable bonds is 3. The van der Waals surface area contributed by atoms with Gasteiger partial charge in [-0.2, -0.15) is 0 Å². The van der Waals surface area contributed by atoms with E-state index in [1.807, 2.05) is 32.0 Å². The molecule has 0 bridgehead atoms. The third kappa shape index (κ3) is 3.42. The molecule has 4 heteroatoms. The number of carbonyl (C=O) groups excluding carboxylic acids is 1. The molecule has 0 heterocycles. The molecule has 1 aromatic rings. The number of hydrogen-bond donors (Lipinski definition) is 3. The quantitative estimate of drug-likeness (QED) is 0.517. The molecule has 0 atom stereocenters. The van der Waals surface area contributed by atoms with E-state index in [2.05, 4.69) is 5.32 Å². The number of carbonyl (C=O) groups is 1. The first kappa shape index (κ1) is 11.2. The van der Waals surface area contributed by atoms with E-state index in [0.717, 1.165) is 16.8 Å². The van der Waals surface area contributed by atoms with E-state index in [1.165, 1.54) is 0 Å². The number of amidine groups is 1. The highest BCUT2D eigenvalue weighted by atomic mass is 16.1. The van der Waals surface area contributed by atoms with Gasteiger partial charge in [0.15, 0.2) is 0 Å². The maximum absolute atomic E-state index is 11.4. The third-order valence-corrected chi connectivity index (χ3v) is 2.02. The number of nitrogens with one attached hydrogen (secondary N) is 2. The zero-order valence-corrected chi connectivity index (χ0v) is 8.92. The molecule has 4 N–H and O–H groups in total. The Kier molecular flexibility index (Phi) is 3.44. The number of benzene rings is 1. The highest BCUT2D eigenvalue weighted by Gasteiger charge is 2.05. The first-order chi connectivity index (χ1) is 6.99. The van der Waals surface area contributed by atoms with E-state index in [9.17, 15) is 4.79 Å². The van der Waals surface area contributed by atoms with Crippen molar-refractivity contribution in [1.82, 2.24) is 0 Å². The van der Waals surface area contributed by atoms with Crippen molar-refractivity contribution in [2.24, 2.45) is 5.73 Å². The topological polar surface area (TPSA) is 79.0 Å². The molecule has 0 aromatic heterocycles. The van der Waals surface area contributed by atoms with E-state index < -0.39 is 0 Å². The Bertz CT molecular complexity index is 399. The molecule has 1 aromatic carbocycles. The van der Waals surface area contributed by atoms with E-state index in [1.54, 1.807) is 0 Å². The summed E-state index contributed by atoms with van der Waals surface area (Å²) in [6.45, 7) is 3.88. The summed E-state index contributed by atoms with van der Waals surface area (Å²) in [5, 5.41) is 9.73. The van der Waals surface area contributed by atoms with Crippen LogP contribution in [0, 0.1) is 19.3 Å². The summed E-state index contributed by atoms with van der Waals surface area (Å²) < 4.78 is 0. The fourth-order valence-corrected chi connectivity index (χ4v) is 1.24. The lowest BCUT2D eigenvalue weighted by Gasteiger charge is -2.08. The Morgan fingerprint density at radius 1 is 1.47 bits per heavy atom. The van der Waals surface area contributed by atoms with Crippen LogP contribution in [-0.2, 0) is 4.79 Å². The van der Waals surface area contributed by atoms with Crippen LogP contribution >= 0.6 is 0 Å². The predicted octanol–water partition coefficient (Wildman–Crippen LogP) is 1.57. The number of anilines is 1. The number of aryl methyl sites for hydroxylation is 2. The zero-order valence-electron chi connectivity index (χ0n) is 8.92. The Morgan fingerprint density at radius 2 is 2.13 bits per heavy atom. The summed E-state index contributed by atoms with van der Waals surface area (Å²) in [5.74, 6) is -0.381. The van der Waals surface area contributed by atoms with Gasteiger partial charge in [-0.3, -0.25) is 10.2 Å². The number of amides is 1. The average Bonchev–Trinajstić information content (AvgIpc) is 2.10. The van der Waals surface area contributed by atoms with Crippen LogP contribution in [0.2, 0.25) is 0 Å². The van der Waals surface area contributed by atoms with Crippen molar-refractivity contribution in [3.63, 3.8) is 0 Å². The van der Waals surface area contributed by atoms with Crippen molar-refractivity contribution in [2.45, 2.75) is 20.3 Å². The first-order valence-electron chi connectivity index (χ1n) is 4.69. The minimum Gasteiger partial charge on any atom is -0.387 e. The molecule has 1 rings (SSSR count). The minimum atomic E-state index is -0.254. The van der Waals surface area contributed by atoms with E-state index in [-0.39, 0.29) is 18.2 Å². The molecular weight excluding hydrogens is 190 g/mol. The highest BCUT2D eigenvalue weighted by molar-refractivity contribution is 6.04. The van der Waals surface area contributed by atoms with Gasteiger partial charge in [0.25, 0.3) is 0 Å². The van der Waals surface area contributed by atoms with Crippen LogP contribution in [0.1, 0.15) is 17.5 Å². The lowest BCUT2D eigenvalue weighted by molar-refractivity contribution is -0.115. The second-order valence-electron chi connectivity index (χ2n) is 3.57. The molecule has 0 fully saturated rings. The molecule has 0 unspecified atom stereocenters. The molecule has 0 aliphatic heterocycles. The lowest BCUT2D eigenvalue weighted by Crippen LogP contribution is -2.21. The number of nitrogens with two attached hydrogens (primary N) is 1. The molecule has 0 spiro atoms. The monoisotopic (exact) mass is 205 g/mol. The Morgan fingerprint density at radius 3 is 2.73 bits per heavy atom. The van der Waals surface area contributed by atoms with Crippen LogP contribution in [0.15, 0.2) is 18.2 Å². The van der Waals surface area contributed by atoms with Crippen LogP contribution in [0.3, 0.4) is 0 Å². The van der Waals surface area contributed by atoms with Crippen LogP contribution < -0.4 is 11.1 Å². The van der Waals surface area contributed by atoms with Crippen molar-refractivity contribution in [3.05, 3.63) is 29.3 Å². The molecule has 0 saturated carbocycles. The Balaban J connectivity index is 2.76. The summed E-state index contributed by atoms with van der Waals surface area (Å²) >= 11 is 0. The third-order valence-electron chi connectivity index (χ3n) is 2.02. The summed E-state index contributed by atoms with van der Waals surface area (Å²) in [6, 6.07) is 5.82. The summed E-state index contributed by atoms with van der Waals surface area (Å²) in [5.41, 5.74) is 8.00. The molecule has 15 heavy (non-hydrogen) atoms. The van der Waals surface area contributed by atoms with E-state index in [0.29, 0.717) is 0 Å². The Labute approximate surface area is 89.0 Å². The molecule has 0 radical (unpaired) electrons. The van der Waals surface area contributed by atoms with Gasteiger partial charge < -0.3 is 11.1 Å². The van der Waals surface area contributed by atoms with Gasteiger partial charge in [-0.05, 0) is 31.0 Å². The molecule has 0 saturated heterocycles. The summed E-state index contributed by atoms with van der Waals surface area (Å²) in [7, 11) is 0. The normalized spacial score (nSPS) is 9.73. The SMILES string of the molecule is Cc1ccc(C)c(NC(=O)CC(=N)N)c1. The molecule has 0 aliphatic rings. The second-order valence-corrected chi connectivity index (χ2v) is 3.57. The molecule has 1 amide bonds. The predicted molar refractivity (Wildman–Crippen MR) is 61.1 cm³/mol. The van der Waals surface area contributed by atoms with Crippen LogP contribution in [-0.4, -0.2) is 11.7 Å². The minimum absolute atomic E-state index is 0.0621. The maximum atomic E-state index is 11.4. The largest absolute Gasteiger partial charge is 0.387 e. The number of hydrogen-bond acceptors (Lipinski definition) is 2. The maximum Gasteiger partial charge on any atom is 0.231 e. The first-order valence-corrected chi connectivity index (χ1v) is 4.69. The van der Waals surface area contributed by atoms with Gasteiger partial charge >= 0.3 is 0 Å². The van der Waals surface area contributed by atoms with Gasteiger partial charge in [-0.15, -0.1) is 0 Å². The van der Waals surface area contributed by atoms with Gasteiger partial charge in [0.2, 0.25) is 5.91 Å². The fraction of sp³-hybridized carbons (Fsp3) is 0.273. The van der Waals surface area contributed by atoms with E-state index in [4.69, 9.17) is 11.1 Å². The average molecular weight is 205 g/mol. The Hall–Kier alpha value is -1.84. The van der Waals surface area contributed by atoms with Crippen LogP contribution in [0.25, 0.3) is 0 Å². The van der Waals surface area contributed by atoms with Crippen LogP contribution in [0.5, 0.6) is 0 Å². The summed E-state index contributed by atoms with van der Waals surface area (Å²) in [6.07, 6.45) is -0.0621. The molecular formula is C11H15N3O. The van der Waals surface area contributed by atoms with E-state index >= 15 is 0 Å². The molecule has 80 valence electrons. The van der Waals surface area contributed by atoms with Crippen molar-refractivity contribution in [3.8, 4) is 0 Å². The molecule has 4 nitrogen and oxygen atoms in total. The van der Waals surface area contributed by atoms with Gasteiger partial charge in [-0.25, -0.2) is 0 Å². The van der Waals surface area contributed by atoms with Crippen molar-refractivity contribution < 1.29 is 4.79 Å². The summed E-state index contributed by atoms with van der Waals surface area (Å²) in [4.78, 5) is 11.4. The van der Waals surface area contributed by atoms with Gasteiger partial charge in [-0.1, -0.05) is 12.1 Å². The van der Waals surface area contributed by atoms with Crippen molar-refractivity contribution in [1.29, 1.82) is 5.41 Å². The lowest BCUT2D eigenvalue weighted by atomic mass is 10.1. The molecule has 0 aliphatic carbocycles. The second kappa shape index (κ2) is 4.59. The van der Waals surface area contributed by atoms with Crippen LogP contribution in [0.4, 0.5) is 5.69 Å². The van der Waals surface area contributed by atoms with Crippen molar-refractivity contribution in [2.75, 3.05) is 5.32 Å². The smallest absolute Gasteiger partial charge is 0.231 e. The fourth-order valence-electron chi connectivity index (χ4n) is 1.24. The van der Waals surface area contributed by atoms with Gasteiger partial charge in [0.05, 0.1) is 6.42 Å². The highest BCUT2D eigenvalue weighted by Crippen LogP contribution is 2.16. The zero-order chi connectivity index (χ0) is 11.4. The standard InChI is InChI=1S/C11H15N3O/c1-7-3-4-8(2)9(5-7)14-11(15)6-10(12)13/h3-5H,6H2,1-2H3,(H3,12,13)(H,14,15). The van der Waals surface area contributed by atoms with Crippen molar-refractivity contribution >= 4 is 17.4 Å². The van der Waals surface area contributed by atoms with Gasteiger partial charge in [0.1, 0.15) is 5.84 Å².